The molecule has 1 atom stereocenters. The van der Waals surface area contributed by atoms with Crippen molar-refractivity contribution in [3.8, 4) is 0 Å². The van der Waals surface area contributed by atoms with Crippen LogP contribution in [0.5, 0.6) is 0 Å². The minimum Gasteiger partial charge on any atom is -0.337 e. The fourth-order valence-electron chi connectivity index (χ4n) is 3.88. The summed E-state index contributed by atoms with van der Waals surface area (Å²) >= 11 is 5.96. The molecule has 1 saturated heterocycles. The first-order valence-corrected chi connectivity index (χ1v) is 11.1. The Hall–Kier alpha value is -2.46. The molecule has 1 unspecified atom stereocenters. The van der Waals surface area contributed by atoms with Gasteiger partial charge in [-0.25, -0.2) is 4.79 Å². The van der Waals surface area contributed by atoms with E-state index in [9.17, 15) is 31.1 Å². The Morgan fingerprint density at radius 2 is 1.50 bits per heavy atom. The molecule has 11 heteroatoms. The summed E-state index contributed by atoms with van der Waals surface area (Å²) in [6, 6.07) is 7.17. The van der Waals surface area contributed by atoms with E-state index in [4.69, 9.17) is 11.6 Å². The Balaban J connectivity index is 1.69. The Bertz CT molecular complexity index is 940. The van der Waals surface area contributed by atoms with E-state index in [1.165, 1.54) is 0 Å². The number of carbonyl (C=O) groups excluding carboxylic acids is 1. The van der Waals surface area contributed by atoms with Gasteiger partial charge in [-0.3, -0.25) is 0 Å². The lowest BCUT2D eigenvalue weighted by Gasteiger charge is -2.22. The highest BCUT2D eigenvalue weighted by Crippen LogP contribution is 2.37. The fraction of sp³-hybridized carbons (Fsp3) is 0.435. The number of halogens is 7. The second-order valence-electron chi connectivity index (χ2n) is 8.22. The molecule has 0 aliphatic carbocycles. The van der Waals surface area contributed by atoms with Gasteiger partial charge >= 0.3 is 18.4 Å². The molecule has 4 nitrogen and oxygen atoms in total. The van der Waals surface area contributed by atoms with Crippen LogP contribution in [0.15, 0.2) is 42.5 Å². The third-order valence-corrected chi connectivity index (χ3v) is 5.94. The molecule has 1 aliphatic heterocycles. The second kappa shape index (κ2) is 10.9. The van der Waals surface area contributed by atoms with E-state index < -0.39 is 35.2 Å². The van der Waals surface area contributed by atoms with Gasteiger partial charge in [0, 0.05) is 23.2 Å². The lowest BCUT2D eigenvalue weighted by molar-refractivity contribution is -0.143. The predicted molar refractivity (Wildman–Crippen MR) is 118 cm³/mol. The first kappa shape index (κ1) is 26.2. The molecule has 0 aromatic heterocycles. The average molecular weight is 508 g/mol. The molecule has 2 N–H and O–H groups in total. The monoisotopic (exact) mass is 507 g/mol. The van der Waals surface area contributed by atoms with Crippen molar-refractivity contribution in [2.45, 2.75) is 37.5 Å². The SMILES string of the molecule is O=C(NCC(CCN1CCCC1)c1ccc(Cl)cc1)Nc1cc(C(F)(F)F)cc(C(F)(F)F)c1. The van der Waals surface area contributed by atoms with E-state index in [1.54, 1.807) is 12.1 Å². The highest BCUT2D eigenvalue weighted by molar-refractivity contribution is 6.30. The molecule has 0 saturated carbocycles. The maximum atomic E-state index is 13.0. The predicted octanol–water partition coefficient (Wildman–Crippen LogP) is 6.77. The molecule has 1 aliphatic rings. The highest BCUT2D eigenvalue weighted by atomic mass is 35.5. The van der Waals surface area contributed by atoms with E-state index in [-0.39, 0.29) is 18.5 Å². The van der Waals surface area contributed by atoms with Crippen LogP contribution < -0.4 is 10.6 Å². The number of amides is 2. The van der Waals surface area contributed by atoms with Gasteiger partial charge in [0.05, 0.1) is 11.1 Å². The van der Waals surface area contributed by atoms with Crippen LogP contribution in [0.25, 0.3) is 0 Å². The van der Waals surface area contributed by atoms with Gasteiger partial charge in [0.25, 0.3) is 0 Å². The standard InChI is InChI=1S/C23H24ClF6N3O/c24-19-5-3-15(4-6-19)16(7-10-33-8-1-2-9-33)14-31-21(34)32-20-12-17(22(25,26)27)11-18(13-20)23(28,29)30/h3-6,11-13,16H,1-2,7-10,14H2,(H2,31,32,34). The molecule has 2 amide bonds. The molecule has 0 radical (unpaired) electrons. The van der Waals surface area contributed by atoms with Crippen molar-refractivity contribution in [3.05, 3.63) is 64.2 Å². The topological polar surface area (TPSA) is 44.4 Å². The van der Waals surface area contributed by atoms with Crippen molar-refractivity contribution in [2.75, 3.05) is 31.5 Å². The second-order valence-corrected chi connectivity index (χ2v) is 8.65. The molecule has 0 bridgehead atoms. The number of hydrogen-bond acceptors (Lipinski definition) is 2. The van der Waals surface area contributed by atoms with Crippen molar-refractivity contribution in [1.29, 1.82) is 0 Å². The van der Waals surface area contributed by atoms with Gasteiger partial charge in [0.2, 0.25) is 0 Å². The third kappa shape index (κ3) is 7.53. The zero-order chi connectivity index (χ0) is 24.9. The Labute approximate surface area is 198 Å². The minimum atomic E-state index is -5.00. The van der Waals surface area contributed by atoms with Gasteiger partial charge in [0.15, 0.2) is 0 Å². The van der Waals surface area contributed by atoms with E-state index in [2.05, 4.69) is 15.5 Å². The van der Waals surface area contributed by atoms with Gasteiger partial charge in [-0.05, 0) is 74.8 Å². The summed E-state index contributed by atoms with van der Waals surface area (Å²) in [6.07, 6.45) is -7.02. The number of benzene rings is 2. The third-order valence-electron chi connectivity index (χ3n) is 5.69. The van der Waals surface area contributed by atoms with E-state index >= 15 is 0 Å². The van der Waals surface area contributed by atoms with Crippen molar-refractivity contribution in [1.82, 2.24) is 10.2 Å². The molecule has 34 heavy (non-hydrogen) atoms. The van der Waals surface area contributed by atoms with Gasteiger partial charge in [-0.1, -0.05) is 23.7 Å². The number of carbonyl (C=O) groups is 1. The van der Waals surface area contributed by atoms with E-state index in [0.717, 1.165) is 38.0 Å². The molecular formula is C23H24ClF6N3O. The smallest absolute Gasteiger partial charge is 0.337 e. The number of hydrogen-bond donors (Lipinski definition) is 2. The minimum absolute atomic E-state index is 0.0119. The van der Waals surface area contributed by atoms with Crippen molar-refractivity contribution in [2.24, 2.45) is 0 Å². The first-order chi connectivity index (χ1) is 15.9. The lowest BCUT2D eigenvalue weighted by atomic mass is 9.95. The van der Waals surface area contributed by atoms with Crippen LogP contribution in [0.2, 0.25) is 5.02 Å². The summed E-state index contributed by atoms with van der Waals surface area (Å²) < 4.78 is 78.3. The quantitative estimate of drug-likeness (QED) is 0.406. The lowest BCUT2D eigenvalue weighted by Crippen LogP contribution is -2.34. The van der Waals surface area contributed by atoms with Crippen LogP contribution in [-0.4, -0.2) is 37.1 Å². The van der Waals surface area contributed by atoms with Gasteiger partial charge < -0.3 is 15.5 Å². The molecule has 186 valence electrons. The molecular weight excluding hydrogens is 484 g/mol. The zero-order valence-corrected chi connectivity index (χ0v) is 18.8. The number of rotatable bonds is 7. The number of nitrogens with zero attached hydrogens (tertiary/aromatic N) is 1. The molecule has 2 aromatic carbocycles. The van der Waals surface area contributed by atoms with Crippen LogP contribution >= 0.6 is 11.6 Å². The molecule has 0 spiro atoms. The maximum Gasteiger partial charge on any atom is 0.416 e. The van der Waals surface area contributed by atoms with E-state index in [1.807, 2.05) is 12.1 Å². The highest BCUT2D eigenvalue weighted by Gasteiger charge is 2.37. The van der Waals surface area contributed by atoms with Gasteiger partial charge in [-0.15, -0.1) is 0 Å². The Morgan fingerprint density at radius 1 is 0.941 bits per heavy atom. The molecule has 2 aromatic rings. The van der Waals surface area contributed by atoms with Gasteiger partial charge in [0.1, 0.15) is 0 Å². The first-order valence-electron chi connectivity index (χ1n) is 10.7. The zero-order valence-electron chi connectivity index (χ0n) is 18.1. The van der Waals surface area contributed by atoms with Crippen molar-refractivity contribution in [3.63, 3.8) is 0 Å². The van der Waals surface area contributed by atoms with Crippen LogP contribution in [0, 0.1) is 0 Å². The summed E-state index contributed by atoms with van der Waals surface area (Å²) in [6.45, 7) is 2.95. The molecule has 1 fully saturated rings. The number of nitrogens with one attached hydrogen (secondary N) is 2. The number of alkyl halides is 6. The van der Waals surface area contributed by atoms with E-state index in [0.29, 0.717) is 23.6 Å². The van der Waals surface area contributed by atoms with Crippen LogP contribution in [0.3, 0.4) is 0 Å². The molecule has 1 heterocycles. The van der Waals surface area contributed by atoms with Crippen molar-refractivity contribution >= 4 is 23.3 Å². The van der Waals surface area contributed by atoms with Crippen LogP contribution in [0.1, 0.15) is 41.9 Å². The molecule has 3 rings (SSSR count). The summed E-state index contributed by atoms with van der Waals surface area (Å²) in [4.78, 5) is 14.7. The maximum absolute atomic E-state index is 13.0. The Morgan fingerprint density at radius 3 is 2.03 bits per heavy atom. The average Bonchev–Trinajstić information content (AvgIpc) is 3.27. The van der Waals surface area contributed by atoms with Crippen LogP contribution in [-0.2, 0) is 12.4 Å². The summed E-state index contributed by atoms with van der Waals surface area (Å²) in [5, 5.41) is 5.22. The van der Waals surface area contributed by atoms with Crippen molar-refractivity contribution < 1.29 is 31.1 Å². The normalized spacial score (nSPS) is 15.9. The van der Waals surface area contributed by atoms with Crippen LogP contribution in [0.4, 0.5) is 36.8 Å². The summed E-state index contributed by atoms with van der Waals surface area (Å²) in [5.41, 5.74) is -2.67. The summed E-state index contributed by atoms with van der Waals surface area (Å²) in [5.74, 6) is -0.115. The number of likely N-dealkylation sites (tertiary alicyclic amines) is 1. The largest absolute Gasteiger partial charge is 0.416 e. The fourth-order valence-corrected chi connectivity index (χ4v) is 4.01. The van der Waals surface area contributed by atoms with Gasteiger partial charge in [-0.2, -0.15) is 26.3 Å². The number of urea groups is 1. The number of anilines is 1. The Kier molecular flexibility index (Phi) is 8.35. The summed E-state index contributed by atoms with van der Waals surface area (Å²) in [7, 11) is 0.